The second kappa shape index (κ2) is 11.6. The maximum absolute atomic E-state index is 13.9. The number of ether oxygens (including phenoxy) is 2. The van der Waals surface area contributed by atoms with E-state index in [2.05, 4.69) is 11.9 Å². The standard InChI is InChI=1S/C29H34N4O5S/c1-5-9-21-25(28(35)37-6-2)26(20-10-7-8-11-22(20)36-4)33-27(34)23(39-29(33)30-21)18-19-12-13-24(38-19)32-16-14-31(3)15-17-32/h7-8,10-13,18,26H,5-6,9,14-17H2,1-4H3/p+1/b23-18+/t26-/m0/s1. The molecule has 1 N–H and O–H groups in total. The second-order valence-corrected chi connectivity index (χ2v) is 10.8. The molecule has 0 saturated carbocycles. The maximum atomic E-state index is 13.9. The van der Waals surface area contributed by atoms with Crippen molar-refractivity contribution in [1.29, 1.82) is 0 Å². The van der Waals surface area contributed by atoms with Crippen LogP contribution < -0.4 is 29.4 Å². The third-order valence-corrected chi connectivity index (χ3v) is 8.12. The first-order valence-corrected chi connectivity index (χ1v) is 14.3. The summed E-state index contributed by atoms with van der Waals surface area (Å²) in [6, 6.07) is 10.6. The number of nitrogens with zero attached hydrogens (tertiary/aromatic N) is 3. The average Bonchev–Trinajstić information content (AvgIpc) is 3.53. The summed E-state index contributed by atoms with van der Waals surface area (Å²) in [5, 5.41) is 0. The van der Waals surface area contributed by atoms with Crippen LogP contribution in [0.2, 0.25) is 0 Å². The van der Waals surface area contributed by atoms with E-state index >= 15 is 0 Å². The van der Waals surface area contributed by atoms with Crippen LogP contribution in [0.15, 0.2) is 61.9 Å². The van der Waals surface area contributed by atoms with Crippen molar-refractivity contribution >= 4 is 29.3 Å². The highest BCUT2D eigenvalue weighted by Crippen LogP contribution is 2.36. The SMILES string of the molecule is CCCC1=C(C(=O)OCC)[C@H](c2ccccc2OC)n2c(s/c(=C/c3ccc(N4CC[NH+](C)CC4)o3)c2=O)=N1. The number of quaternary nitrogens is 1. The number of furan rings is 1. The Hall–Kier alpha value is -3.63. The van der Waals surface area contributed by atoms with Crippen LogP contribution in [0.25, 0.3) is 6.08 Å². The van der Waals surface area contributed by atoms with E-state index in [0.717, 1.165) is 38.5 Å². The number of carbonyl (C=O) groups is 1. The second-order valence-electron chi connectivity index (χ2n) is 9.78. The van der Waals surface area contributed by atoms with Crippen LogP contribution >= 0.6 is 11.3 Å². The minimum atomic E-state index is -0.722. The molecule has 0 radical (unpaired) electrons. The van der Waals surface area contributed by atoms with E-state index in [1.165, 1.54) is 16.2 Å². The molecule has 4 heterocycles. The number of nitrogens with one attached hydrogen (secondary N) is 1. The van der Waals surface area contributed by atoms with Crippen molar-refractivity contribution in [2.45, 2.75) is 32.7 Å². The molecule has 0 amide bonds. The predicted octanol–water partition coefficient (Wildman–Crippen LogP) is 1.51. The molecule has 2 aliphatic heterocycles. The molecular weight excluding hydrogens is 516 g/mol. The Balaban J connectivity index is 1.64. The number of allylic oxidation sites excluding steroid dienone is 1. The highest BCUT2D eigenvalue weighted by molar-refractivity contribution is 7.07. The van der Waals surface area contributed by atoms with E-state index in [1.807, 2.05) is 43.3 Å². The van der Waals surface area contributed by atoms with Gasteiger partial charge in [-0.25, -0.2) is 9.79 Å². The molecule has 0 unspecified atom stereocenters. The van der Waals surface area contributed by atoms with Gasteiger partial charge in [0, 0.05) is 17.7 Å². The highest BCUT2D eigenvalue weighted by Gasteiger charge is 2.35. The van der Waals surface area contributed by atoms with Crippen LogP contribution in [0.5, 0.6) is 5.75 Å². The van der Waals surface area contributed by atoms with Crippen LogP contribution in [-0.4, -0.2) is 57.5 Å². The Kier molecular flexibility index (Phi) is 8.04. The van der Waals surface area contributed by atoms with E-state index in [4.69, 9.17) is 18.9 Å². The molecule has 0 aliphatic carbocycles. The van der Waals surface area contributed by atoms with Gasteiger partial charge in [-0.3, -0.25) is 9.36 Å². The van der Waals surface area contributed by atoms with E-state index in [0.29, 0.717) is 44.1 Å². The summed E-state index contributed by atoms with van der Waals surface area (Å²) in [6.45, 7) is 8.00. The van der Waals surface area contributed by atoms with Crippen LogP contribution in [0.1, 0.15) is 44.1 Å². The van der Waals surface area contributed by atoms with E-state index in [9.17, 15) is 9.59 Å². The lowest BCUT2D eigenvalue weighted by molar-refractivity contribution is -0.880. The van der Waals surface area contributed by atoms with E-state index in [1.54, 1.807) is 24.7 Å². The van der Waals surface area contributed by atoms with Crippen molar-refractivity contribution in [3.8, 4) is 5.75 Å². The number of piperazine rings is 1. The number of fused-ring (bicyclic) bond motifs is 1. The molecule has 1 atom stereocenters. The summed E-state index contributed by atoms with van der Waals surface area (Å²) in [6.07, 6.45) is 3.14. The first-order chi connectivity index (χ1) is 18.9. The van der Waals surface area contributed by atoms with Crippen molar-refractivity contribution in [2.24, 2.45) is 4.99 Å². The molecule has 1 fully saturated rings. The zero-order valence-corrected chi connectivity index (χ0v) is 23.7. The number of para-hydroxylation sites is 1. The summed E-state index contributed by atoms with van der Waals surface area (Å²) < 4.78 is 19.3. The molecule has 2 aliphatic rings. The molecule has 1 aromatic carbocycles. The number of likely N-dealkylation sites (N-methyl/N-ethyl adjacent to an activating group) is 1. The smallest absolute Gasteiger partial charge is 0.338 e. The lowest BCUT2D eigenvalue weighted by Gasteiger charge is -2.29. The van der Waals surface area contributed by atoms with Crippen molar-refractivity contribution in [3.05, 3.63) is 78.7 Å². The lowest BCUT2D eigenvalue weighted by atomic mass is 9.93. The van der Waals surface area contributed by atoms with E-state index < -0.39 is 12.0 Å². The summed E-state index contributed by atoms with van der Waals surface area (Å²) in [4.78, 5) is 36.4. The first kappa shape index (κ1) is 27.0. The average molecular weight is 552 g/mol. The van der Waals surface area contributed by atoms with Gasteiger partial charge in [0.25, 0.3) is 5.56 Å². The van der Waals surface area contributed by atoms with Crippen molar-refractivity contribution < 1.29 is 23.6 Å². The number of hydrogen-bond donors (Lipinski definition) is 1. The Morgan fingerprint density at radius 1 is 1.21 bits per heavy atom. The minimum Gasteiger partial charge on any atom is -0.496 e. The number of rotatable bonds is 8. The number of esters is 1. The number of methoxy groups -OCH3 is 1. The molecule has 10 heteroatoms. The fraction of sp³-hybridized carbons (Fsp3) is 0.414. The number of carbonyl (C=O) groups excluding carboxylic acids is 1. The van der Waals surface area contributed by atoms with Gasteiger partial charge in [0.05, 0.1) is 62.7 Å². The van der Waals surface area contributed by atoms with Gasteiger partial charge >= 0.3 is 5.97 Å². The normalized spacial score (nSPS) is 18.2. The molecule has 39 heavy (non-hydrogen) atoms. The number of thiazole rings is 1. The molecule has 1 saturated heterocycles. The van der Waals surface area contributed by atoms with Gasteiger partial charge in [0.2, 0.25) is 0 Å². The van der Waals surface area contributed by atoms with Crippen molar-refractivity contribution in [3.63, 3.8) is 0 Å². The number of hydrogen-bond acceptors (Lipinski definition) is 8. The van der Waals surface area contributed by atoms with Gasteiger partial charge in [-0.05, 0) is 25.5 Å². The van der Waals surface area contributed by atoms with Gasteiger partial charge in [-0.2, -0.15) is 0 Å². The Bertz CT molecular complexity index is 1560. The Labute approximate surface area is 231 Å². The number of aromatic nitrogens is 1. The van der Waals surface area contributed by atoms with Crippen LogP contribution in [0.4, 0.5) is 5.88 Å². The Morgan fingerprint density at radius 3 is 2.69 bits per heavy atom. The molecule has 9 nitrogen and oxygen atoms in total. The summed E-state index contributed by atoms with van der Waals surface area (Å²) >= 11 is 1.29. The Morgan fingerprint density at radius 2 is 1.97 bits per heavy atom. The van der Waals surface area contributed by atoms with Gasteiger partial charge < -0.3 is 23.7 Å². The van der Waals surface area contributed by atoms with Crippen molar-refractivity contribution in [2.75, 3.05) is 51.8 Å². The molecule has 0 bridgehead atoms. The zero-order chi connectivity index (χ0) is 27.5. The summed E-state index contributed by atoms with van der Waals surface area (Å²) in [5.41, 5.74) is 1.47. The first-order valence-electron chi connectivity index (χ1n) is 13.5. The van der Waals surface area contributed by atoms with Crippen LogP contribution in [-0.2, 0) is 9.53 Å². The van der Waals surface area contributed by atoms with Crippen LogP contribution in [0.3, 0.4) is 0 Å². The third-order valence-electron chi connectivity index (χ3n) is 7.14. The van der Waals surface area contributed by atoms with Gasteiger partial charge in [-0.1, -0.05) is 42.9 Å². The van der Waals surface area contributed by atoms with Gasteiger partial charge in [0.1, 0.15) is 17.6 Å². The predicted molar refractivity (Wildman–Crippen MR) is 150 cm³/mol. The highest BCUT2D eigenvalue weighted by atomic mass is 32.1. The quantitative estimate of drug-likeness (QED) is 0.427. The third kappa shape index (κ3) is 5.31. The largest absolute Gasteiger partial charge is 0.496 e. The molecule has 2 aromatic heterocycles. The molecule has 206 valence electrons. The molecule has 5 rings (SSSR count). The number of benzene rings is 1. The lowest BCUT2D eigenvalue weighted by Crippen LogP contribution is -3.12. The number of anilines is 1. The monoisotopic (exact) mass is 551 g/mol. The molecular formula is C29H35N4O5S+. The van der Waals surface area contributed by atoms with Gasteiger partial charge in [-0.15, -0.1) is 0 Å². The minimum absolute atomic E-state index is 0.222. The zero-order valence-electron chi connectivity index (χ0n) is 22.9. The summed E-state index contributed by atoms with van der Waals surface area (Å²) in [5.74, 6) is 1.53. The molecule has 0 spiro atoms. The van der Waals surface area contributed by atoms with E-state index in [-0.39, 0.29) is 12.2 Å². The maximum Gasteiger partial charge on any atom is 0.338 e. The fourth-order valence-corrected chi connectivity index (χ4v) is 6.14. The van der Waals surface area contributed by atoms with Crippen molar-refractivity contribution in [1.82, 2.24) is 4.57 Å². The van der Waals surface area contributed by atoms with Gasteiger partial charge in [0.15, 0.2) is 10.7 Å². The summed E-state index contributed by atoms with van der Waals surface area (Å²) in [7, 11) is 3.78. The van der Waals surface area contributed by atoms with Crippen LogP contribution in [0, 0.1) is 0 Å². The fourth-order valence-electron chi connectivity index (χ4n) is 5.14. The molecule has 3 aromatic rings. The topological polar surface area (TPSA) is 90.7 Å².